The molecule has 29 heavy (non-hydrogen) atoms. The van der Waals surface area contributed by atoms with Gasteiger partial charge in [-0.15, -0.1) is 0 Å². The van der Waals surface area contributed by atoms with E-state index in [0.717, 1.165) is 49.7 Å². The maximum absolute atomic E-state index is 12.6. The number of amides is 1. The van der Waals surface area contributed by atoms with Crippen LogP contribution in [0.5, 0.6) is 5.75 Å². The summed E-state index contributed by atoms with van der Waals surface area (Å²) in [6.45, 7) is 14.7. The first kappa shape index (κ1) is 21.4. The van der Waals surface area contributed by atoms with Crippen molar-refractivity contribution in [2.24, 2.45) is 7.05 Å². The van der Waals surface area contributed by atoms with Crippen molar-refractivity contribution in [3.8, 4) is 5.75 Å². The van der Waals surface area contributed by atoms with E-state index in [2.05, 4.69) is 55.9 Å². The normalized spacial score (nSPS) is 15.2. The average molecular weight is 399 g/mol. The summed E-state index contributed by atoms with van der Waals surface area (Å²) in [6, 6.07) is 6.25. The number of hydrogen-bond donors (Lipinski definition) is 0. The first-order chi connectivity index (χ1) is 13.8. The van der Waals surface area contributed by atoms with E-state index in [9.17, 15) is 4.79 Å². The molecule has 0 radical (unpaired) electrons. The zero-order chi connectivity index (χ0) is 21.1. The van der Waals surface area contributed by atoms with Crippen molar-refractivity contribution in [2.75, 3.05) is 32.8 Å². The zero-order valence-corrected chi connectivity index (χ0v) is 18.7. The van der Waals surface area contributed by atoms with Gasteiger partial charge >= 0.3 is 0 Å². The van der Waals surface area contributed by atoms with Crippen LogP contribution in [0.2, 0.25) is 0 Å². The molecule has 1 aromatic carbocycles. The Labute approximate surface area is 174 Å². The van der Waals surface area contributed by atoms with E-state index < -0.39 is 0 Å². The molecule has 1 aliphatic heterocycles. The summed E-state index contributed by atoms with van der Waals surface area (Å²) in [6.07, 6.45) is 0. The number of ether oxygens (including phenoxy) is 1. The molecule has 1 aliphatic rings. The van der Waals surface area contributed by atoms with Crippen LogP contribution in [0.4, 0.5) is 0 Å². The highest BCUT2D eigenvalue weighted by Crippen LogP contribution is 2.24. The lowest BCUT2D eigenvalue weighted by Gasteiger charge is -2.34. The predicted molar refractivity (Wildman–Crippen MR) is 115 cm³/mol. The minimum Gasteiger partial charge on any atom is -0.483 e. The van der Waals surface area contributed by atoms with Crippen LogP contribution >= 0.6 is 0 Å². The van der Waals surface area contributed by atoms with Crippen molar-refractivity contribution in [1.82, 2.24) is 19.6 Å². The molecular weight excluding hydrogens is 364 g/mol. The zero-order valence-electron chi connectivity index (χ0n) is 18.7. The Balaban J connectivity index is 1.51. The van der Waals surface area contributed by atoms with Gasteiger partial charge in [0, 0.05) is 51.0 Å². The first-order valence-corrected chi connectivity index (χ1v) is 10.5. The van der Waals surface area contributed by atoms with Crippen molar-refractivity contribution >= 4 is 5.91 Å². The molecule has 3 rings (SSSR count). The largest absolute Gasteiger partial charge is 0.483 e. The first-order valence-electron chi connectivity index (χ1n) is 10.5. The van der Waals surface area contributed by atoms with Gasteiger partial charge in [-0.3, -0.25) is 14.4 Å². The molecular formula is C23H34N4O2. The standard InChI is InChI=1S/C23H34N4O2/c1-16(2)20-8-7-17(3)22(13-20)29-15-23(28)27-11-9-26(10-12-27)14-21-18(4)24-25(6)19(21)5/h7-8,13,16H,9-12,14-15H2,1-6H3. The number of carbonyl (C=O) groups is 1. The number of piperazine rings is 1. The molecule has 0 bridgehead atoms. The summed E-state index contributed by atoms with van der Waals surface area (Å²) in [5.74, 6) is 1.31. The van der Waals surface area contributed by atoms with Gasteiger partial charge in [0.15, 0.2) is 6.61 Å². The van der Waals surface area contributed by atoms with Crippen LogP contribution in [0, 0.1) is 20.8 Å². The highest BCUT2D eigenvalue weighted by Gasteiger charge is 2.23. The quantitative estimate of drug-likeness (QED) is 0.750. The molecule has 2 aromatic rings. The Hall–Kier alpha value is -2.34. The Kier molecular flexibility index (Phi) is 6.63. The Morgan fingerprint density at radius 1 is 1.14 bits per heavy atom. The molecule has 1 aromatic heterocycles. The van der Waals surface area contributed by atoms with Gasteiger partial charge in [-0.05, 0) is 43.9 Å². The van der Waals surface area contributed by atoms with Gasteiger partial charge in [0.2, 0.25) is 0 Å². The highest BCUT2D eigenvalue weighted by atomic mass is 16.5. The molecule has 1 saturated heterocycles. The topological polar surface area (TPSA) is 50.6 Å². The third-order valence-electron chi connectivity index (χ3n) is 6.00. The summed E-state index contributed by atoms with van der Waals surface area (Å²) in [4.78, 5) is 17.0. The van der Waals surface area contributed by atoms with Crippen LogP contribution in [0.15, 0.2) is 18.2 Å². The van der Waals surface area contributed by atoms with E-state index in [1.54, 1.807) is 0 Å². The number of hydrogen-bond acceptors (Lipinski definition) is 4. The van der Waals surface area contributed by atoms with Gasteiger partial charge in [0.25, 0.3) is 5.91 Å². The van der Waals surface area contributed by atoms with E-state index >= 15 is 0 Å². The van der Waals surface area contributed by atoms with Crippen LogP contribution in [0.1, 0.15) is 47.8 Å². The van der Waals surface area contributed by atoms with Gasteiger partial charge in [0.05, 0.1) is 5.69 Å². The summed E-state index contributed by atoms with van der Waals surface area (Å²) < 4.78 is 7.83. The second-order valence-electron chi connectivity index (χ2n) is 8.40. The molecule has 0 atom stereocenters. The second-order valence-corrected chi connectivity index (χ2v) is 8.40. The molecule has 158 valence electrons. The molecule has 0 saturated carbocycles. The third-order valence-corrected chi connectivity index (χ3v) is 6.00. The van der Waals surface area contributed by atoms with Gasteiger partial charge < -0.3 is 9.64 Å². The Morgan fingerprint density at radius 2 is 1.83 bits per heavy atom. The molecule has 2 heterocycles. The molecule has 6 nitrogen and oxygen atoms in total. The number of aryl methyl sites for hydroxylation is 3. The molecule has 0 spiro atoms. The Bertz CT molecular complexity index is 864. The van der Waals surface area contributed by atoms with Crippen molar-refractivity contribution in [3.05, 3.63) is 46.3 Å². The van der Waals surface area contributed by atoms with Gasteiger partial charge in [-0.25, -0.2) is 0 Å². The molecule has 0 unspecified atom stereocenters. The van der Waals surface area contributed by atoms with Crippen molar-refractivity contribution in [2.45, 2.75) is 47.1 Å². The predicted octanol–water partition coefficient (Wildman–Crippen LogP) is 3.19. The van der Waals surface area contributed by atoms with Crippen LogP contribution in [-0.2, 0) is 18.4 Å². The van der Waals surface area contributed by atoms with Crippen LogP contribution in [0.3, 0.4) is 0 Å². The van der Waals surface area contributed by atoms with E-state index in [-0.39, 0.29) is 12.5 Å². The van der Waals surface area contributed by atoms with E-state index in [0.29, 0.717) is 5.92 Å². The minimum atomic E-state index is 0.0627. The SMILES string of the molecule is Cc1ccc(C(C)C)cc1OCC(=O)N1CCN(Cc2c(C)nn(C)c2C)CC1. The lowest BCUT2D eigenvalue weighted by molar-refractivity contribution is -0.135. The van der Waals surface area contributed by atoms with Gasteiger partial charge in [0.1, 0.15) is 5.75 Å². The monoisotopic (exact) mass is 398 g/mol. The molecule has 1 fully saturated rings. The lowest BCUT2D eigenvalue weighted by Crippen LogP contribution is -2.49. The highest BCUT2D eigenvalue weighted by molar-refractivity contribution is 5.78. The van der Waals surface area contributed by atoms with Crippen molar-refractivity contribution in [1.29, 1.82) is 0 Å². The minimum absolute atomic E-state index is 0.0627. The Morgan fingerprint density at radius 3 is 2.41 bits per heavy atom. The van der Waals surface area contributed by atoms with E-state index in [1.807, 2.05) is 23.6 Å². The van der Waals surface area contributed by atoms with Gasteiger partial charge in [-0.1, -0.05) is 26.0 Å². The van der Waals surface area contributed by atoms with Crippen molar-refractivity contribution in [3.63, 3.8) is 0 Å². The van der Waals surface area contributed by atoms with Gasteiger partial charge in [-0.2, -0.15) is 5.10 Å². The summed E-state index contributed by atoms with van der Waals surface area (Å²) in [5, 5.41) is 4.51. The molecule has 0 N–H and O–H groups in total. The van der Waals surface area contributed by atoms with Crippen molar-refractivity contribution < 1.29 is 9.53 Å². The smallest absolute Gasteiger partial charge is 0.260 e. The summed E-state index contributed by atoms with van der Waals surface area (Å²) in [5.41, 5.74) is 5.90. The molecule has 0 aliphatic carbocycles. The average Bonchev–Trinajstić information content (AvgIpc) is 2.93. The number of rotatable bonds is 6. The van der Waals surface area contributed by atoms with Crippen LogP contribution in [-0.4, -0.2) is 58.3 Å². The molecule has 6 heteroatoms. The maximum atomic E-state index is 12.6. The fourth-order valence-electron chi connectivity index (χ4n) is 3.79. The summed E-state index contributed by atoms with van der Waals surface area (Å²) in [7, 11) is 1.99. The second kappa shape index (κ2) is 8.99. The fourth-order valence-corrected chi connectivity index (χ4v) is 3.79. The molecule has 1 amide bonds. The van der Waals surface area contributed by atoms with Crippen LogP contribution in [0.25, 0.3) is 0 Å². The van der Waals surface area contributed by atoms with E-state index in [1.165, 1.54) is 16.8 Å². The number of nitrogens with zero attached hydrogens (tertiary/aromatic N) is 4. The summed E-state index contributed by atoms with van der Waals surface area (Å²) >= 11 is 0. The maximum Gasteiger partial charge on any atom is 0.260 e. The number of carbonyl (C=O) groups excluding carboxylic acids is 1. The lowest BCUT2D eigenvalue weighted by atomic mass is 10.0. The number of aromatic nitrogens is 2. The fraction of sp³-hybridized carbons (Fsp3) is 0.565. The third kappa shape index (κ3) is 4.99. The van der Waals surface area contributed by atoms with Crippen LogP contribution < -0.4 is 4.74 Å². The van der Waals surface area contributed by atoms with E-state index in [4.69, 9.17) is 4.74 Å². The number of benzene rings is 1.